The van der Waals surface area contributed by atoms with Crippen LogP contribution >= 0.6 is 0 Å². The van der Waals surface area contributed by atoms with Crippen molar-refractivity contribution in [2.45, 2.75) is 38.0 Å². The summed E-state index contributed by atoms with van der Waals surface area (Å²) in [6.45, 7) is 4.26. The standard InChI is InChI=1S/C23H28N6O/c24-21(30)18-7-6-17(14-19(18)16-4-5-16)20-15-27-23-22(26-9-13-29(20)23)25-8-12-28-10-2-1-3-11-28/h6-7,9,13-16H,1-5,8,10-12H2,(H2,24,30)(H,25,26). The molecule has 5 rings (SSSR count). The fourth-order valence-electron chi connectivity index (χ4n) is 4.45. The van der Waals surface area contributed by atoms with E-state index in [1.807, 2.05) is 24.5 Å². The predicted octanol–water partition coefficient (Wildman–Crippen LogP) is 3.27. The smallest absolute Gasteiger partial charge is 0.248 e. The van der Waals surface area contributed by atoms with Gasteiger partial charge in [0, 0.05) is 36.6 Å². The highest BCUT2D eigenvalue weighted by Gasteiger charge is 2.28. The van der Waals surface area contributed by atoms with Crippen molar-refractivity contribution in [1.29, 1.82) is 0 Å². The van der Waals surface area contributed by atoms with E-state index in [4.69, 9.17) is 5.73 Å². The Bertz CT molecular complexity index is 1060. The Balaban J connectivity index is 1.39. The summed E-state index contributed by atoms with van der Waals surface area (Å²) in [5, 5.41) is 3.47. The van der Waals surface area contributed by atoms with Gasteiger partial charge in [0.25, 0.3) is 0 Å². The van der Waals surface area contributed by atoms with Crippen molar-refractivity contribution < 1.29 is 4.79 Å². The Hall–Kier alpha value is -2.93. The first-order chi connectivity index (χ1) is 14.7. The summed E-state index contributed by atoms with van der Waals surface area (Å²) < 4.78 is 2.06. The Kier molecular flexibility index (Phi) is 5.12. The van der Waals surface area contributed by atoms with Crippen LogP contribution in [0.25, 0.3) is 16.9 Å². The average Bonchev–Trinajstić information content (AvgIpc) is 3.53. The van der Waals surface area contributed by atoms with Gasteiger partial charge in [0.05, 0.1) is 11.9 Å². The molecule has 7 nitrogen and oxygen atoms in total. The second kappa shape index (κ2) is 8.07. The second-order valence-corrected chi connectivity index (χ2v) is 8.38. The number of carbonyl (C=O) groups is 1. The largest absolute Gasteiger partial charge is 0.366 e. The van der Waals surface area contributed by atoms with Crippen molar-refractivity contribution in [2.75, 3.05) is 31.5 Å². The number of benzene rings is 1. The van der Waals surface area contributed by atoms with Gasteiger partial charge in [0.1, 0.15) is 0 Å². The maximum Gasteiger partial charge on any atom is 0.248 e. The lowest BCUT2D eigenvalue weighted by Gasteiger charge is -2.26. The van der Waals surface area contributed by atoms with Crippen LogP contribution in [-0.2, 0) is 0 Å². The molecule has 0 bridgehead atoms. The molecule has 1 saturated heterocycles. The minimum absolute atomic E-state index is 0.356. The van der Waals surface area contributed by atoms with Gasteiger partial charge in [-0.25, -0.2) is 9.97 Å². The van der Waals surface area contributed by atoms with Gasteiger partial charge in [-0.2, -0.15) is 0 Å². The molecule has 156 valence electrons. The first-order valence-electron chi connectivity index (χ1n) is 10.9. The number of hydrogen-bond acceptors (Lipinski definition) is 5. The Morgan fingerprint density at radius 3 is 2.77 bits per heavy atom. The molecule has 2 aliphatic rings. The van der Waals surface area contributed by atoms with Crippen LogP contribution in [0.5, 0.6) is 0 Å². The van der Waals surface area contributed by atoms with E-state index in [-0.39, 0.29) is 5.91 Å². The Morgan fingerprint density at radius 2 is 2.00 bits per heavy atom. The molecule has 2 aromatic heterocycles. The number of nitrogens with one attached hydrogen (secondary N) is 1. The lowest BCUT2D eigenvalue weighted by molar-refractivity contribution is 0.0999. The number of likely N-dealkylation sites (tertiary alicyclic amines) is 1. The van der Waals surface area contributed by atoms with Gasteiger partial charge in [-0.05, 0) is 62.4 Å². The molecule has 3 N–H and O–H groups in total. The summed E-state index contributed by atoms with van der Waals surface area (Å²) in [5.74, 6) is 0.892. The number of amides is 1. The third-order valence-electron chi connectivity index (χ3n) is 6.23. The zero-order chi connectivity index (χ0) is 20.5. The van der Waals surface area contributed by atoms with Crippen LogP contribution in [0.1, 0.15) is 53.9 Å². The van der Waals surface area contributed by atoms with Gasteiger partial charge in [-0.1, -0.05) is 12.5 Å². The van der Waals surface area contributed by atoms with Gasteiger partial charge in [0.15, 0.2) is 11.5 Å². The monoisotopic (exact) mass is 404 g/mol. The lowest BCUT2D eigenvalue weighted by atomic mass is 9.98. The number of primary amides is 1. The van der Waals surface area contributed by atoms with E-state index in [1.165, 1.54) is 32.4 Å². The van der Waals surface area contributed by atoms with Crippen molar-refractivity contribution in [3.05, 3.63) is 47.9 Å². The number of anilines is 1. The topological polar surface area (TPSA) is 88.5 Å². The third-order valence-corrected chi connectivity index (χ3v) is 6.23. The summed E-state index contributed by atoms with van der Waals surface area (Å²) in [6, 6.07) is 5.91. The predicted molar refractivity (Wildman–Crippen MR) is 118 cm³/mol. The average molecular weight is 405 g/mol. The van der Waals surface area contributed by atoms with Gasteiger partial charge in [-0.15, -0.1) is 0 Å². The van der Waals surface area contributed by atoms with E-state index in [2.05, 4.69) is 30.7 Å². The van der Waals surface area contributed by atoms with E-state index >= 15 is 0 Å². The van der Waals surface area contributed by atoms with Crippen molar-refractivity contribution in [3.63, 3.8) is 0 Å². The molecule has 3 heterocycles. The number of aromatic nitrogens is 3. The fourth-order valence-corrected chi connectivity index (χ4v) is 4.45. The highest BCUT2D eigenvalue weighted by atomic mass is 16.1. The molecule has 0 radical (unpaired) electrons. The summed E-state index contributed by atoms with van der Waals surface area (Å²) in [4.78, 5) is 23.5. The van der Waals surface area contributed by atoms with Crippen LogP contribution in [0, 0.1) is 0 Å². The normalized spacial score (nSPS) is 17.3. The zero-order valence-corrected chi connectivity index (χ0v) is 17.2. The number of piperidine rings is 1. The quantitative estimate of drug-likeness (QED) is 0.631. The molecule has 1 aliphatic carbocycles. The van der Waals surface area contributed by atoms with Crippen LogP contribution in [-0.4, -0.2) is 51.4 Å². The van der Waals surface area contributed by atoms with Crippen LogP contribution in [0.15, 0.2) is 36.8 Å². The molecule has 0 atom stereocenters. The maximum absolute atomic E-state index is 11.8. The van der Waals surface area contributed by atoms with Gasteiger partial charge in [-0.3, -0.25) is 9.20 Å². The Labute approximate surface area is 176 Å². The molecule has 7 heteroatoms. The van der Waals surface area contributed by atoms with Crippen LogP contribution < -0.4 is 11.1 Å². The van der Waals surface area contributed by atoms with E-state index < -0.39 is 0 Å². The molecule has 3 aromatic rings. The molecule has 1 aromatic carbocycles. The van der Waals surface area contributed by atoms with Gasteiger partial charge in [0.2, 0.25) is 5.91 Å². The molecule has 2 fully saturated rings. The number of carbonyl (C=O) groups excluding carboxylic acids is 1. The van der Waals surface area contributed by atoms with Gasteiger partial charge < -0.3 is 16.0 Å². The minimum atomic E-state index is -0.356. The number of hydrogen-bond donors (Lipinski definition) is 2. The highest BCUT2D eigenvalue weighted by molar-refractivity contribution is 5.95. The second-order valence-electron chi connectivity index (χ2n) is 8.38. The van der Waals surface area contributed by atoms with Crippen molar-refractivity contribution in [2.24, 2.45) is 5.73 Å². The number of imidazole rings is 1. The molecule has 1 aliphatic heterocycles. The number of nitrogens with zero attached hydrogens (tertiary/aromatic N) is 4. The first kappa shape index (κ1) is 19.1. The van der Waals surface area contributed by atoms with E-state index in [1.54, 1.807) is 6.20 Å². The van der Waals surface area contributed by atoms with Crippen molar-refractivity contribution in [1.82, 2.24) is 19.3 Å². The number of fused-ring (bicyclic) bond motifs is 1. The number of rotatable bonds is 7. The molecule has 1 amide bonds. The summed E-state index contributed by atoms with van der Waals surface area (Å²) in [5.41, 5.74) is 10.1. The lowest BCUT2D eigenvalue weighted by Crippen LogP contribution is -2.33. The molecule has 0 spiro atoms. The van der Waals surface area contributed by atoms with Crippen molar-refractivity contribution >= 4 is 17.4 Å². The van der Waals surface area contributed by atoms with E-state index in [0.29, 0.717) is 11.5 Å². The van der Waals surface area contributed by atoms with E-state index in [0.717, 1.165) is 54.2 Å². The van der Waals surface area contributed by atoms with Crippen LogP contribution in [0.2, 0.25) is 0 Å². The molecule has 1 saturated carbocycles. The maximum atomic E-state index is 11.8. The summed E-state index contributed by atoms with van der Waals surface area (Å²) >= 11 is 0. The fraction of sp³-hybridized carbons (Fsp3) is 0.435. The Morgan fingerprint density at radius 1 is 1.17 bits per heavy atom. The molecular weight excluding hydrogens is 376 g/mol. The molecular formula is C23H28N6O. The zero-order valence-electron chi connectivity index (χ0n) is 17.2. The summed E-state index contributed by atoms with van der Waals surface area (Å²) in [7, 11) is 0. The highest BCUT2D eigenvalue weighted by Crippen LogP contribution is 2.43. The first-order valence-corrected chi connectivity index (χ1v) is 10.9. The van der Waals surface area contributed by atoms with E-state index in [9.17, 15) is 4.79 Å². The number of nitrogens with two attached hydrogens (primary N) is 1. The molecule has 0 unspecified atom stereocenters. The minimum Gasteiger partial charge on any atom is -0.366 e. The SMILES string of the molecule is NC(=O)c1ccc(-c2cnc3c(NCCN4CCCCC4)nccn23)cc1C1CC1. The third kappa shape index (κ3) is 3.77. The van der Waals surface area contributed by atoms with Crippen LogP contribution in [0.3, 0.4) is 0 Å². The van der Waals surface area contributed by atoms with Gasteiger partial charge >= 0.3 is 0 Å². The summed E-state index contributed by atoms with van der Waals surface area (Å²) in [6.07, 6.45) is 11.8. The molecule has 30 heavy (non-hydrogen) atoms. The van der Waals surface area contributed by atoms with Crippen LogP contribution in [0.4, 0.5) is 5.82 Å². The van der Waals surface area contributed by atoms with Crippen molar-refractivity contribution in [3.8, 4) is 11.3 Å².